The van der Waals surface area contributed by atoms with Crippen molar-refractivity contribution >= 4 is 17.9 Å². The van der Waals surface area contributed by atoms with Gasteiger partial charge in [0.15, 0.2) is 0 Å². The lowest BCUT2D eigenvalue weighted by atomic mass is 9.85. The number of nitrogens with zero attached hydrogens (tertiary/aromatic N) is 1. The highest BCUT2D eigenvalue weighted by molar-refractivity contribution is 8.01. The van der Waals surface area contributed by atoms with Gasteiger partial charge in [-0.2, -0.15) is 0 Å². The van der Waals surface area contributed by atoms with Gasteiger partial charge < -0.3 is 9.64 Å². The Morgan fingerprint density at radius 3 is 2.76 bits per heavy atom. The van der Waals surface area contributed by atoms with Crippen molar-refractivity contribution in [2.75, 3.05) is 12.3 Å². The molecular formula is C16H26N2O2S. The topological polar surface area (TPSA) is 41.6 Å². The van der Waals surface area contributed by atoms with Crippen LogP contribution in [0.4, 0.5) is 4.79 Å². The second kappa shape index (κ2) is 4.31. The van der Waals surface area contributed by atoms with Gasteiger partial charge in [-0.15, -0.1) is 11.8 Å². The Bertz CT molecular complexity index is 475. The van der Waals surface area contributed by atoms with Crippen LogP contribution in [-0.2, 0) is 4.74 Å². The number of likely N-dealkylation sites (tertiary alicyclic amines) is 1. The number of nitrogens with one attached hydrogen (secondary N) is 1. The molecule has 1 N–H and O–H groups in total. The molecule has 4 rings (SSSR count). The van der Waals surface area contributed by atoms with E-state index in [1.54, 1.807) is 0 Å². The number of fused-ring (bicyclic) bond motifs is 3. The highest BCUT2D eigenvalue weighted by Gasteiger charge is 2.69. The first-order chi connectivity index (χ1) is 9.80. The fraction of sp³-hybridized carbons (Fsp3) is 0.938. The first-order valence-corrected chi connectivity index (χ1v) is 9.20. The molecule has 2 aliphatic heterocycles. The number of rotatable bonds is 0. The van der Waals surface area contributed by atoms with Crippen molar-refractivity contribution in [3.63, 3.8) is 0 Å². The van der Waals surface area contributed by atoms with E-state index in [1.165, 1.54) is 12.8 Å². The zero-order valence-corrected chi connectivity index (χ0v) is 14.2. The third-order valence-electron chi connectivity index (χ3n) is 5.64. The fourth-order valence-electron chi connectivity index (χ4n) is 5.14. The van der Waals surface area contributed by atoms with E-state index in [0.717, 1.165) is 18.2 Å². The monoisotopic (exact) mass is 310 g/mol. The predicted octanol–water partition coefficient (Wildman–Crippen LogP) is 2.68. The van der Waals surface area contributed by atoms with Gasteiger partial charge in [0.1, 0.15) is 5.60 Å². The minimum Gasteiger partial charge on any atom is -0.444 e. The number of hydrogen-bond donors (Lipinski definition) is 1. The summed E-state index contributed by atoms with van der Waals surface area (Å²) in [5.74, 6) is 3.29. The molecule has 1 spiro atoms. The van der Waals surface area contributed by atoms with Gasteiger partial charge in [0, 0.05) is 18.3 Å². The van der Waals surface area contributed by atoms with Gasteiger partial charge in [0.25, 0.3) is 0 Å². The Morgan fingerprint density at radius 1 is 1.38 bits per heavy atom. The van der Waals surface area contributed by atoms with Crippen LogP contribution in [-0.4, -0.2) is 45.8 Å². The summed E-state index contributed by atoms with van der Waals surface area (Å²) in [5.41, 5.74) is -0.409. The Balaban J connectivity index is 1.62. The molecule has 4 aliphatic rings. The standard InChI is InChI=1S/C16H26N2O2S/c1-9-8-21-16(17-9)11-5-10-7-18(13(16)12(10)6-11)14(19)20-15(2,3)4/h9-13,17H,5-8H2,1-4H3. The van der Waals surface area contributed by atoms with Crippen molar-refractivity contribution in [1.82, 2.24) is 10.2 Å². The van der Waals surface area contributed by atoms with E-state index in [-0.39, 0.29) is 11.0 Å². The van der Waals surface area contributed by atoms with E-state index in [1.807, 2.05) is 20.8 Å². The van der Waals surface area contributed by atoms with Crippen LogP contribution in [0.5, 0.6) is 0 Å². The van der Waals surface area contributed by atoms with Crippen molar-refractivity contribution in [2.45, 2.75) is 63.1 Å². The van der Waals surface area contributed by atoms with Crippen LogP contribution >= 0.6 is 11.8 Å². The fourth-order valence-corrected chi connectivity index (χ4v) is 6.93. The average molecular weight is 310 g/mol. The largest absolute Gasteiger partial charge is 0.444 e. The predicted molar refractivity (Wildman–Crippen MR) is 84.2 cm³/mol. The van der Waals surface area contributed by atoms with E-state index < -0.39 is 5.60 Å². The van der Waals surface area contributed by atoms with Crippen LogP contribution in [0, 0.1) is 17.8 Å². The first-order valence-electron chi connectivity index (χ1n) is 8.21. The maximum atomic E-state index is 12.7. The van der Waals surface area contributed by atoms with E-state index in [0.29, 0.717) is 23.9 Å². The molecule has 0 aromatic carbocycles. The number of carbonyl (C=O) groups is 1. The first kappa shape index (κ1) is 14.2. The summed E-state index contributed by atoms with van der Waals surface area (Å²) in [5, 5.41) is 3.85. The van der Waals surface area contributed by atoms with Crippen LogP contribution in [0.2, 0.25) is 0 Å². The molecule has 4 nitrogen and oxygen atoms in total. The van der Waals surface area contributed by atoms with E-state index in [2.05, 4.69) is 28.9 Å². The van der Waals surface area contributed by atoms with Crippen LogP contribution in [0.1, 0.15) is 40.5 Å². The summed E-state index contributed by atoms with van der Waals surface area (Å²) < 4.78 is 5.68. The van der Waals surface area contributed by atoms with Crippen molar-refractivity contribution in [2.24, 2.45) is 17.8 Å². The minimum absolute atomic E-state index is 0.105. The number of thioether (sulfide) groups is 1. The molecule has 0 aromatic heterocycles. The SMILES string of the molecule is CC1CSC2(N1)C1CC3CN(C(=O)OC(C)(C)C)C2C3C1. The maximum absolute atomic E-state index is 12.7. The summed E-state index contributed by atoms with van der Waals surface area (Å²) in [7, 11) is 0. The third-order valence-corrected chi connectivity index (χ3v) is 7.48. The normalized spacial score (nSPS) is 47.6. The summed E-state index contributed by atoms with van der Waals surface area (Å²) in [6.45, 7) is 9.02. The molecule has 5 heteroatoms. The van der Waals surface area contributed by atoms with Gasteiger partial charge in [-0.1, -0.05) is 0 Å². The van der Waals surface area contributed by atoms with Gasteiger partial charge in [-0.3, -0.25) is 5.32 Å². The molecule has 6 unspecified atom stereocenters. The van der Waals surface area contributed by atoms with E-state index in [9.17, 15) is 4.79 Å². The lowest BCUT2D eigenvalue weighted by Crippen LogP contribution is -2.58. The Kier molecular flexibility index (Phi) is 2.92. The number of carbonyl (C=O) groups excluding carboxylic acids is 1. The maximum Gasteiger partial charge on any atom is 0.410 e. The lowest BCUT2D eigenvalue weighted by molar-refractivity contribution is 0.0179. The van der Waals surface area contributed by atoms with Crippen molar-refractivity contribution in [3.05, 3.63) is 0 Å². The highest BCUT2D eigenvalue weighted by atomic mass is 32.2. The molecular weight excluding hydrogens is 284 g/mol. The van der Waals surface area contributed by atoms with Gasteiger partial charge >= 0.3 is 6.09 Å². The lowest BCUT2D eigenvalue weighted by Gasteiger charge is -2.41. The van der Waals surface area contributed by atoms with Gasteiger partial charge in [0.2, 0.25) is 0 Å². The Hall–Kier alpha value is -0.420. The Morgan fingerprint density at radius 2 is 2.14 bits per heavy atom. The molecule has 2 aliphatic carbocycles. The van der Waals surface area contributed by atoms with E-state index >= 15 is 0 Å². The number of amides is 1. The zero-order chi connectivity index (χ0) is 15.0. The molecule has 2 bridgehead atoms. The molecule has 6 atom stereocenters. The van der Waals surface area contributed by atoms with Crippen LogP contribution in [0.15, 0.2) is 0 Å². The zero-order valence-electron chi connectivity index (χ0n) is 13.4. The molecule has 21 heavy (non-hydrogen) atoms. The minimum atomic E-state index is -0.409. The molecule has 0 aromatic rings. The second-order valence-electron chi connectivity index (χ2n) is 8.32. The summed E-state index contributed by atoms with van der Waals surface area (Å²) in [6, 6.07) is 0.889. The molecule has 0 radical (unpaired) electrons. The number of ether oxygens (including phenoxy) is 1. The van der Waals surface area contributed by atoms with Gasteiger partial charge in [0.05, 0.1) is 10.9 Å². The third kappa shape index (κ3) is 1.96. The van der Waals surface area contributed by atoms with Crippen molar-refractivity contribution in [3.8, 4) is 0 Å². The van der Waals surface area contributed by atoms with Crippen molar-refractivity contribution in [1.29, 1.82) is 0 Å². The van der Waals surface area contributed by atoms with Gasteiger partial charge in [-0.05, 0) is 58.3 Å². The van der Waals surface area contributed by atoms with E-state index in [4.69, 9.17) is 4.74 Å². The van der Waals surface area contributed by atoms with Gasteiger partial charge in [-0.25, -0.2) is 4.79 Å². The molecule has 2 heterocycles. The second-order valence-corrected chi connectivity index (χ2v) is 9.62. The molecule has 4 fully saturated rings. The smallest absolute Gasteiger partial charge is 0.410 e. The average Bonchev–Trinajstić information content (AvgIpc) is 3.00. The molecule has 118 valence electrons. The Labute approximate surface area is 131 Å². The van der Waals surface area contributed by atoms with Crippen LogP contribution in [0.25, 0.3) is 0 Å². The van der Waals surface area contributed by atoms with Crippen molar-refractivity contribution < 1.29 is 9.53 Å². The molecule has 2 saturated carbocycles. The quantitative estimate of drug-likeness (QED) is 0.747. The summed E-state index contributed by atoms with van der Waals surface area (Å²) >= 11 is 2.06. The van der Waals surface area contributed by atoms with Crippen LogP contribution < -0.4 is 5.32 Å². The van der Waals surface area contributed by atoms with Crippen LogP contribution in [0.3, 0.4) is 0 Å². The molecule has 1 amide bonds. The summed E-state index contributed by atoms with van der Waals surface area (Å²) in [6.07, 6.45) is 2.47. The molecule has 2 saturated heterocycles. The summed E-state index contributed by atoms with van der Waals surface area (Å²) in [4.78, 5) is 14.8. The number of hydrogen-bond acceptors (Lipinski definition) is 4. The highest BCUT2D eigenvalue weighted by Crippen LogP contribution is 2.64.